The predicted octanol–water partition coefficient (Wildman–Crippen LogP) is 5.71. The summed E-state index contributed by atoms with van der Waals surface area (Å²) in [6, 6.07) is 15.7. The third-order valence-corrected chi connectivity index (χ3v) is 5.38. The summed E-state index contributed by atoms with van der Waals surface area (Å²) in [5.74, 6) is 0.250. The summed E-state index contributed by atoms with van der Waals surface area (Å²) >= 11 is 12.4. The SMILES string of the molecule is CCC(C)NC(=O)c1coc(CN(Cc2ccccc2)Cc2ccc(Cl)cc2Cl)n1. The Morgan fingerprint density at radius 1 is 1.13 bits per heavy atom. The Hall–Kier alpha value is -2.34. The minimum Gasteiger partial charge on any atom is -0.447 e. The molecule has 3 rings (SSSR count). The van der Waals surface area contributed by atoms with Gasteiger partial charge in [0, 0.05) is 29.2 Å². The van der Waals surface area contributed by atoms with Gasteiger partial charge in [-0.15, -0.1) is 0 Å². The molecule has 5 nitrogen and oxygen atoms in total. The van der Waals surface area contributed by atoms with Crippen LogP contribution in [0.15, 0.2) is 59.2 Å². The zero-order valence-corrected chi connectivity index (χ0v) is 18.6. The van der Waals surface area contributed by atoms with Gasteiger partial charge in [-0.2, -0.15) is 0 Å². The van der Waals surface area contributed by atoms with E-state index in [9.17, 15) is 4.79 Å². The Labute approximate surface area is 187 Å². The Morgan fingerprint density at radius 2 is 1.90 bits per heavy atom. The number of hydrogen-bond acceptors (Lipinski definition) is 4. The molecule has 1 heterocycles. The maximum atomic E-state index is 12.3. The molecular formula is C23H25Cl2N3O2. The fourth-order valence-corrected chi connectivity index (χ4v) is 3.45. The van der Waals surface area contributed by atoms with Gasteiger partial charge in [-0.25, -0.2) is 4.98 Å². The standard InChI is InChI=1S/C23H25Cl2N3O2/c1-3-16(2)26-23(29)21-15-30-22(27-21)14-28(12-17-7-5-4-6-8-17)13-18-9-10-19(24)11-20(18)25/h4-11,15-16H,3,12-14H2,1-2H3,(H,26,29). The van der Waals surface area contributed by atoms with Crippen LogP contribution in [0.1, 0.15) is 47.8 Å². The van der Waals surface area contributed by atoms with E-state index < -0.39 is 0 Å². The van der Waals surface area contributed by atoms with Crippen molar-refractivity contribution in [1.82, 2.24) is 15.2 Å². The average Bonchev–Trinajstić information content (AvgIpc) is 3.19. The molecule has 0 fully saturated rings. The molecule has 0 bridgehead atoms. The Balaban J connectivity index is 1.76. The first-order chi connectivity index (χ1) is 14.4. The summed E-state index contributed by atoms with van der Waals surface area (Å²) in [7, 11) is 0. The summed E-state index contributed by atoms with van der Waals surface area (Å²) in [5.41, 5.74) is 2.40. The van der Waals surface area contributed by atoms with Crippen LogP contribution in [-0.2, 0) is 19.6 Å². The molecule has 1 atom stereocenters. The van der Waals surface area contributed by atoms with E-state index in [1.807, 2.05) is 44.2 Å². The molecule has 30 heavy (non-hydrogen) atoms. The Morgan fingerprint density at radius 3 is 2.60 bits per heavy atom. The minimum absolute atomic E-state index is 0.0827. The van der Waals surface area contributed by atoms with Crippen LogP contribution in [0.4, 0.5) is 0 Å². The molecule has 0 aliphatic rings. The highest BCUT2D eigenvalue weighted by Gasteiger charge is 2.17. The fraction of sp³-hybridized carbons (Fsp3) is 0.304. The van der Waals surface area contributed by atoms with E-state index in [4.69, 9.17) is 27.6 Å². The molecule has 0 aliphatic carbocycles. The lowest BCUT2D eigenvalue weighted by molar-refractivity contribution is 0.0934. The summed E-state index contributed by atoms with van der Waals surface area (Å²) < 4.78 is 5.59. The number of nitrogens with zero attached hydrogens (tertiary/aromatic N) is 2. The Kier molecular flexibility index (Phi) is 7.91. The lowest BCUT2D eigenvalue weighted by Crippen LogP contribution is -2.32. The fourth-order valence-electron chi connectivity index (χ4n) is 2.98. The van der Waals surface area contributed by atoms with Gasteiger partial charge in [0.1, 0.15) is 6.26 Å². The third kappa shape index (κ3) is 6.33. The molecule has 0 spiro atoms. The van der Waals surface area contributed by atoms with Crippen molar-refractivity contribution in [3.63, 3.8) is 0 Å². The van der Waals surface area contributed by atoms with Crippen molar-refractivity contribution < 1.29 is 9.21 Å². The molecular weight excluding hydrogens is 421 g/mol. The van der Waals surface area contributed by atoms with Crippen LogP contribution in [0.25, 0.3) is 0 Å². The van der Waals surface area contributed by atoms with E-state index in [0.717, 1.165) is 17.5 Å². The summed E-state index contributed by atoms with van der Waals surface area (Å²) in [5, 5.41) is 4.11. The van der Waals surface area contributed by atoms with Gasteiger partial charge in [0.25, 0.3) is 5.91 Å². The molecule has 2 aromatic carbocycles. The number of nitrogens with one attached hydrogen (secondary N) is 1. The molecule has 1 unspecified atom stereocenters. The highest BCUT2D eigenvalue weighted by atomic mass is 35.5. The largest absolute Gasteiger partial charge is 0.447 e. The molecule has 1 aromatic heterocycles. The van der Waals surface area contributed by atoms with Crippen LogP contribution in [0.3, 0.4) is 0 Å². The Bertz CT molecular complexity index is 976. The second-order valence-electron chi connectivity index (χ2n) is 7.28. The van der Waals surface area contributed by atoms with Gasteiger partial charge < -0.3 is 9.73 Å². The average molecular weight is 446 g/mol. The van der Waals surface area contributed by atoms with E-state index in [2.05, 4.69) is 27.3 Å². The van der Waals surface area contributed by atoms with E-state index in [0.29, 0.717) is 35.6 Å². The van der Waals surface area contributed by atoms with Gasteiger partial charge in [-0.3, -0.25) is 9.69 Å². The zero-order valence-electron chi connectivity index (χ0n) is 17.1. The van der Waals surface area contributed by atoms with Crippen molar-refractivity contribution in [2.24, 2.45) is 0 Å². The molecule has 0 aliphatic heterocycles. The maximum absolute atomic E-state index is 12.3. The van der Waals surface area contributed by atoms with Crippen LogP contribution >= 0.6 is 23.2 Å². The van der Waals surface area contributed by atoms with Gasteiger partial charge in [-0.05, 0) is 36.6 Å². The lowest BCUT2D eigenvalue weighted by atomic mass is 10.1. The molecule has 7 heteroatoms. The summed E-state index contributed by atoms with van der Waals surface area (Å²) in [4.78, 5) is 18.8. The van der Waals surface area contributed by atoms with Gasteiger partial charge in [0.15, 0.2) is 5.69 Å². The quantitative estimate of drug-likeness (QED) is 0.457. The monoisotopic (exact) mass is 445 g/mol. The number of carbonyl (C=O) groups is 1. The first-order valence-corrected chi connectivity index (χ1v) is 10.7. The first-order valence-electron chi connectivity index (χ1n) is 9.90. The van der Waals surface area contributed by atoms with Crippen LogP contribution in [-0.4, -0.2) is 21.8 Å². The lowest BCUT2D eigenvalue weighted by Gasteiger charge is -2.21. The molecule has 1 N–H and O–H groups in total. The predicted molar refractivity (Wildman–Crippen MR) is 120 cm³/mol. The second kappa shape index (κ2) is 10.6. The number of halogens is 2. The second-order valence-corrected chi connectivity index (χ2v) is 8.12. The van der Waals surface area contributed by atoms with Gasteiger partial charge in [0.2, 0.25) is 5.89 Å². The highest BCUT2D eigenvalue weighted by Crippen LogP contribution is 2.24. The number of aromatic nitrogens is 1. The van der Waals surface area contributed by atoms with Crippen molar-refractivity contribution in [3.05, 3.63) is 87.6 Å². The zero-order chi connectivity index (χ0) is 21.5. The van der Waals surface area contributed by atoms with Crippen LogP contribution in [0, 0.1) is 0 Å². The molecule has 158 valence electrons. The minimum atomic E-state index is -0.227. The van der Waals surface area contributed by atoms with E-state index in [1.54, 1.807) is 6.07 Å². The maximum Gasteiger partial charge on any atom is 0.273 e. The topological polar surface area (TPSA) is 58.4 Å². The van der Waals surface area contributed by atoms with Crippen molar-refractivity contribution in [2.45, 2.75) is 45.9 Å². The number of oxazole rings is 1. The summed E-state index contributed by atoms with van der Waals surface area (Å²) in [6.45, 7) is 5.67. The third-order valence-electron chi connectivity index (χ3n) is 4.79. The first kappa shape index (κ1) is 22.3. The van der Waals surface area contributed by atoms with Crippen molar-refractivity contribution in [2.75, 3.05) is 0 Å². The van der Waals surface area contributed by atoms with Gasteiger partial charge >= 0.3 is 0 Å². The molecule has 3 aromatic rings. The number of hydrogen-bond donors (Lipinski definition) is 1. The number of benzene rings is 2. The summed E-state index contributed by atoms with van der Waals surface area (Å²) in [6.07, 6.45) is 2.26. The van der Waals surface area contributed by atoms with Crippen LogP contribution in [0.2, 0.25) is 10.0 Å². The molecule has 0 radical (unpaired) electrons. The number of amides is 1. The molecule has 0 saturated carbocycles. The van der Waals surface area contributed by atoms with E-state index in [-0.39, 0.29) is 17.6 Å². The smallest absolute Gasteiger partial charge is 0.273 e. The van der Waals surface area contributed by atoms with Crippen LogP contribution < -0.4 is 5.32 Å². The number of rotatable bonds is 9. The van der Waals surface area contributed by atoms with Crippen molar-refractivity contribution >= 4 is 29.1 Å². The van der Waals surface area contributed by atoms with Gasteiger partial charge in [-0.1, -0.05) is 66.5 Å². The molecule has 1 amide bonds. The van der Waals surface area contributed by atoms with Gasteiger partial charge in [0.05, 0.1) is 6.54 Å². The normalized spacial score (nSPS) is 12.2. The van der Waals surface area contributed by atoms with Crippen molar-refractivity contribution in [3.8, 4) is 0 Å². The highest BCUT2D eigenvalue weighted by molar-refractivity contribution is 6.35. The van der Waals surface area contributed by atoms with Crippen molar-refractivity contribution in [1.29, 1.82) is 0 Å². The van der Waals surface area contributed by atoms with E-state index >= 15 is 0 Å². The molecule has 0 saturated heterocycles. The number of carbonyl (C=O) groups excluding carboxylic acids is 1. The van der Waals surface area contributed by atoms with Crippen LogP contribution in [0.5, 0.6) is 0 Å². The van der Waals surface area contributed by atoms with E-state index in [1.165, 1.54) is 6.26 Å².